The number of phenols is 3. The van der Waals surface area contributed by atoms with Gasteiger partial charge in [-0.05, 0) is 86.0 Å². The van der Waals surface area contributed by atoms with Gasteiger partial charge in [0.2, 0.25) is 0 Å². The van der Waals surface area contributed by atoms with Crippen molar-refractivity contribution in [2.45, 2.75) is 20.8 Å². The molecule has 3 aromatic carbocycles. The average molecular weight is 561 g/mol. The summed E-state index contributed by atoms with van der Waals surface area (Å²) < 4.78 is 0. The molecule has 0 aliphatic heterocycles. The Morgan fingerprint density at radius 3 is 1.31 bits per heavy atom. The summed E-state index contributed by atoms with van der Waals surface area (Å²) in [6, 6.07) is 6.77. The fraction of sp³-hybridized carbons (Fsp3) is 0.0909. The maximum atomic E-state index is 13.8. The Morgan fingerprint density at radius 1 is 0.452 bits per heavy atom. The maximum Gasteiger partial charge on any atom is 0.198 e. The smallest absolute Gasteiger partial charge is 0.198 e. The van der Waals surface area contributed by atoms with Crippen molar-refractivity contribution in [2.75, 3.05) is 0 Å². The van der Waals surface area contributed by atoms with Crippen LogP contribution in [-0.2, 0) is 0 Å². The summed E-state index contributed by atoms with van der Waals surface area (Å²) in [6.45, 7) is 4.75. The quantitative estimate of drug-likeness (QED) is 0.409. The Kier molecular flexibility index (Phi) is 5.62. The van der Waals surface area contributed by atoms with E-state index in [-0.39, 0.29) is 44.5 Å². The van der Waals surface area contributed by atoms with Gasteiger partial charge in [-0.15, -0.1) is 0 Å². The zero-order valence-corrected chi connectivity index (χ0v) is 22.4. The van der Waals surface area contributed by atoms with E-state index in [2.05, 4.69) is 0 Å². The number of rotatable bonds is 2. The lowest BCUT2D eigenvalue weighted by atomic mass is 9.76. The van der Waals surface area contributed by atoms with Crippen molar-refractivity contribution in [3.63, 3.8) is 0 Å². The van der Waals surface area contributed by atoms with E-state index in [0.717, 1.165) is 18.2 Å². The predicted molar refractivity (Wildman–Crippen MR) is 149 cm³/mol. The molecule has 6 rings (SSSR count). The third-order valence-electron chi connectivity index (χ3n) is 7.62. The van der Waals surface area contributed by atoms with Crippen LogP contribution in [-0.4, -0.2) is 50.0 Å². The molecule has 0 bridgehead atoms. The van der Waals surface area contributed by atoms with Gasteiger partial charge in [-0.2, -0.15) is 0 Å². The van der Waals surface area contributed by atoms with Crippen LogP contribution in [0, 0.1) is 20.8 Å². The van der Waals surface area contributed by atoms with Crippen molar-refractivity contribution >= 4 is 40.3 Å². The minimum atomic E-state index is -0.972. The summed E-state index contributed by atoms with van der Waals surface area (Å²) >= 11 is 0. The van der Waals surface area contributed by atoms with Crippen LogP contribution in [0.4, 0.5) is 0 Å². The molecule has 9 heteroatoms. The van der Waals surface area contributed by atoms with E-state index in [9.17, 15) is 44.1 Å². The lowest BCUT2D eigenvalue weighted by Crippen LogP contribution is -2.26. The van der Waals surface area contributed by atoms with Crippen LogP contribution in [0.25, 0.3) is 5.57 Å². The third kappa shape index (κ3) is 3.63. The van der Waals surface area contributed by atoms with Gasteiger partial charge in [0.1, 0.15) is 17.2 Å². The largest absolute Gasteiger partial charge is 0.507 e. The van der Waals surface area contributed by atoms with E-state index in [1.54, 1.807) is 13.8 Å². The van der Waals surface area contributed by atoms with Crippen molar-refractivity contribution in [1.82, 2.24) is 0 Å². The standard InChI is InChI=1S/C33H20O9/c1-12-4-17-21(34)9-15(30(39)27(17)24(37)6-12)16-10-22(35)19-8-14(3)26(33(42)29(19)31(16)40)20-11-23(36)18-5-13(2)7-25(38)28(18)32(20)41/h4-11,37-38,42H,1-3H3. The molecular formula is C33H20O9. The van der Waals surface area contributed by atoms with E-state index in [0.29, 0.717) is 11.1 Å². The number of carbonyl (C=O) groups excluding carboxylic acids is 6. The first-order valence-corrected chi connectivity index (χ1v) is 12.8. The number of hydrogen-bond acceptors (Lipinski definition) is 9. The number of benzene rings is 3. The molecule has 9 nitrogen and oxygen atoms in total. The number of fused-ring (bicyclic) bond motifs is 3. The van der Waals surface area contributed by atoms with Gasteiger partial charge in [0.25, 0.3) is 0 Å². The second-order valence-electron chi connectivity index (χ2n) is 10.5. The third-order valence-corrected chi connectivity index (χ3v) is 7.62. The summed E-state index contributed by atoms with van der Waals surface area (Å²) in [6.07, 6.45) is 2.80. The van der Waals surface area contributed by atoms with Crippen LogP contribution < -0.4 is 0 Å². The monoisotopic (exact) mass is 560 g/mol. The highest BCUT2D eigenvalue weighted by atomic mass is 16.3. The van der Waals surface area contributed by atoms with Crippen molar-refractivity contribution in [2.24, 2.45) is 0 Å². The number of aryl methyl sites for hydroxylation is 3. The first-order chi connectivity index (χ1) is 19.8. The molecule has 0 atom stereocenters. The van der Waals surface area contributed by atoms with Gasteiger partial charge in [0.15, 0.2) is 34.7 Å². The molecule has 42 heavy (non-hydrogen) atoms. The van der Waals surface area contributed by atoms with E-state index in [4.69, 9.17) is 0 Å². The number of allylic oxidation sites excluding steroid dienone is 6. The van der Waals surface area contributed by atoms with Gasteiger partial charge < -0.3 is 15.3 Å². The zero-order chi connectivity index (χ0) is 30.4. The summed E-state index contributed by atoms with van der Waals surface area (Å²) in [7, 11) is 0. The molecule has 0 unspecified atom stereocenters. The average Bonchev–Trinajstić information content (AvgIpc) is 2.90. The normalized spacial score (nSPS) is 16.0. The second-order valence-corrected chi connectivity index (χ2v) is 10.5. The van der Waals surface area contributed by atoms with Crippen molar-refractivity contribution in [3.05, 3.63) is 115 Å². The van der Waals surface area contributed by atoms with Crippen LogP contribution >= 0.6 is 0 Å². The molecule has 3 aliphatic carbocycles. The van der Waals surface area contributed by atoms with Crippen LogP contribution in [0.5, 0.6) is 17.2 Å². The summed E-state index contributed by atoms with van der Waals surface area (Å²) in [5.74, 6) is -6.28. The Labute approximate surface area is 237 Å². The maximum absolute atomic E-state index is 13.8. The molecule has 0 aromatic heterocycles. The Morgan fingerprint density at radius 2 is 0.833 bits per heavy atom. The number of carbonyl (C=O) groups is 6. The molecule has 3 N–H and O–H groups in total. The summed E-state index contributed by atoms with van der Waals surface area (Å²) in [4.78, 5) is 79.8. The fourth-order valence-electron chi connectivity index (χ4n) is 5.78. The van der Waals surface area contributed by atoms with Gasteiger partial charge in [-0.1, -0.05) is 0 Å². The minimum absolute atomic E-state index is 0.0148. The molecule has 0 radical (unpaired) electrons. The highest BCUT2D eigenvalue weighted by Gasteiger charge is 2.39. The summed E-state index contributed by atoms with van der Waals surface area (Å²) in [5.41, 5.74) is -1.47. The van der Waals surface area contributed by atoms with E-state index in [1.165, 1.54) is 37.3 Å². The van der Waals surface area contributed by atoms with E-state index in [1.807, 2.05) is 0 Å². The molecule has 0 saturated heterocycles. The molecule has 0 fully saturated rings. The highest BCUT2D eigenvalue weighted by Crippen LogP contribution is 2.43. The van der Waals surface area contributed by atoms with Gasteiger partial charge >= 0.3 is 0 Å². The Bertz CT molecular complexity index is 2030. The van der Waals surface area contributed by atoms with E-state index < -0.39 is 68.7 Å². The molecule has 206 valence electrons. The van der Waals surface area contributed by atoms with Crippen LogP contribution in [0.15, 0.2) is 59.7 Å². The number of aromatic hydroxyl groups is 3. The minimum Gasteiger partial charge on any atom is -0.507 e. The zero-order valence-electron chi connectivity index (χ0n) is 22.4. The lowest BCUT2D eigenvalue weighted by Gasteiger charge is -2.24. The SMILES string of the molecule is Cc1cc(O)c2c(c1)C(=O)C=C(C1=CC(=O)c3cc(C)c(C4=CC(=O)c5cc(C)cc(O)c5C4=O)c(O)c3C1=O)C2=O. The van der Waals surface area contributed by atoms with Crippen LogP contribution in [0.2, 0.25) is 0 Å². The molecular weight excluding hydrogens is 540 g/mol. The van der Waals surface area contributed by atoms with E-state index >= 15 is 0 Å². The summed E-state index contributed by atoms with van der Waals surface area (Å²) in [5, 5.41) is 32.3. The Hall–Kier alpha value is -5.70. The van der Waals surface area contributed by atoms with Crippen LogP contribution in [0.3, 0.4) is 0 Å². The molecule has 3 aliphatic rings. The topological polar surface area (TPSA) is 163 Å². The first-order valence-electron chi connectivity index (χ1n) is 12.8. The van der Waals surface area contributed by atoms with Crippen molar-refractivity contribution < 1.29 is 44.1 Å². The van der Waals surface area contributed by atoms with Gasteiger partial charge in [-0.3, -0.25) is 28.8 Å². The molecule has 0 amide bonds. The lowest BCUT2D eigenvalue weighted by molar-refractivity contribution is 0.0959. The van der Waals surface area contributed by atoms with Gasteiger partial charge in [0.05, 0.1) is 16.7 Å². The highest BCUT2D eigenvalue weighted by molar-refractivity contribution is 6.41. The Balaban J connectivity index is 1.50. The molecule has 0 spiro atoms. The van der Waals surface area contributed by atoms with Gasteiger partial charge in [-0.25, -0.2) is 0 Å². The van der Waals surface area contributed by atoms with Crippen molar-refractivity contribution in [3.8, 4) is 17.2 Å². The molecule has 3 aromatic rings. The number of Topliss-reactive ketones (excluding diaryl/α,β-unsaturated/α-hetero) is 3. The first kappa shape index (κ1) is 26.5. The number of phenolic OH excluding ortho intramolecular Hbond substituents is 3. The fourth-order valence-corrected chi connectivity index (χ4v) is 5.78. The van der Waals surface area contributed by atoms with Gasteiger partial charge in [0, 0.05) is 39.0 Å². The second kappa shape index (κ2) is 8.90. The van der Waals surface area contributed by atoms with Crippen molar-refractivity contribution in [1.29, 1.82) is 0 Å². The molecule has 0 saturated carbocycles. The predicted octanol–water partition coefficient (Wildman–Crippen LogP) is 4.50. The van der Waals surface area contributed by atoms with Crippen LogP contribution in [0.1, 0.15) is 84.4 Å². The number of ketones is 6. The number of hydrogen-bond donors (Lipinski definition) is 3. The molecule has 0 heterocycles.